The van der Waals surface area contributed by atoms with Crippen molar-refractivity contribution >= 4 is 0 Å². The molecule has 1 rings (SSSR count). The molecule has 0 unspecified atom stereocenters. The monoisotopic (exact) mass is 483 g/mol. The molecule has 1 aliphatic rings. The summed E-state index contributed by atoms with van der Waals surface area (Å²) in [6.45, 7) is 15.3. The molecule has 1 saturated heterocycles. The quantitative estimate of drug-likeness (QED) is 0.113. The molecule has 1 aliphatic heterocycles. The number of nitrogens with zero attached hydrogens (tertiary/aromatic N) is 1. The maximum absolute atomic E-state index is 6.35. The van der Waals surface area contributed by atoms with Crippen molar-refractivity contribution in [3.8, 4) is 0 Å². The molecule has 0 aromatic heterocycles. The first-order valence-electron chi connectivity index (χ1n) is 15.0. The second kappa shape index (κ2) is 19.0. The fourth-order valence-corrected chi connectivity index (χ4v) is 5.67. The van der Waals surface area contributed by atoms with Gasteiger partial charge in [-0.3, -0.25) is 4.84 Å². The number of hydrogen-bond acceptors (Lipinski definition) is 4. The van der Waals surface area contributed by atoms with E-state index in [4.69, 9.17) is 14.3 Å². The molecule has 0 atom stereocenters. The predicted molar refractivity (Wildman–Crippen MR) is 146 cm³/mol. The van der Waals surface area contributed by atoms with Gasteiger partial charge in [0.25, 0.3) is 0 Å². The lowest BCUT2D eigenvalue weighted by Gasteiger charge is -2.53. The van der Waals surface area contributed by atoms with Crippen LogP contribution in [0.1, 0.15) is 157 Å². The van der Waals surface area contributed by atoms with Crippen LogP contribution in [0.15, 0.2) is 0 Å². The lowest BCUT2D eigenvalue weighted by atomic mass is 9.80. The van der Waals surface area contributed by atoms with Gasteiger partial charge in [0.2, 0.25) is 0 Å². The van der Waals surface area contributed by atoms with Crippen LogP contribution < -0.4 is 0 Å². The molecule has 0 spiro atoms. The van der Waals surface area contributed by atoms with Crippen LogP contribution in [0.2, 0.25) is 0 Å². The zero-order valence-corrected chi connectivity index (χ0v) is 24.1. The van der Waals surface area contributed by atoms with Crippen molar-refractivity contribution in [3.05, 3.63) is 0 Å². The number of rotatable bonds is 22. The minimum absolute atomic E-state index is 0.0340. The van der Waals surface area contributed by atoms with Crippen LogP contribution in [-0.4, -0.2) is 42.3 Å². The maximum atomic E-state index is 6.35. The van der Waals surface area contributed by atoms with Crippen LogP contribution in [0.4, 0.5) is 0 Å². The second-order valence-corrected chi connectivity index (χ2v) is 11.9. The average molecular weight is 484 g/mol. The number of hydroxylamine groups is 2. The molecule has 4 nitrogen and oxygen atoms in total. The van der Waals surface area contributed by atoms with Crippen LogP contribution >= 0.6 is 0 Å². The zero-order valence-electron chi connectivity index (χ0n) is 24.1. The topological polar surface area (TPSA) is 30.9 Å². The lowest BCUT2D eigenvalue weighted by molar-refractivity contribution is -0.298. The van der Waals surface area contributed by atoms with Crippen molar-refractivity contribution < 1.29 is 14.3 Å². The van der Waals surface area contributed by atoms with Crippen molar-refractivity contribution in [2.75, 3.05) is 20.0 Å². The van der Waals surface area contributed by atoms with E-state index in [0.717, 1.165) is 25.9 Å². The SMILES string of the molecule is CCCCCCCCCCCCCCCCCCON1C(C)(C)CC(OCOCC)CC1(C)C. The van der Waals surface area contributed by atoms with E-state index in [-0.39, 0.29) is 17.2 Å². The minimum Gasteiger partial charge on any atom is -0.356 e. The van der Waals surface area contributed by atoms with Crippen LogP contribution in [0.25, 0.3) is 0 Å². The molecule has 204 valence electrons. The molecule has 0 aromatic carbocycles. The minimum atomic E-state index is -0.0340. The van der Waals surface area contributed by atoms with Crippen molar-refractivity contribution in [2.24, 2.45) is 0 Å². The van der Waals surface area contributed by atoms with Gasteiger partial charge in [-0.2, -0.15) is 5.06 Å². The summed E-state index contributed by atoms with van der Waals surface area (Å²) in [7, 11) is 0. The Bertz CT molecular complexity index is 448. The third-order valence-corrected chi connectivity index (χ3v) is 7.36. The van der Waals surface area contributed by atoms with Gasteiger partial charge in [-0.05, 0) is 53.9 Å². The van der Waals surface area contributed by atoms with Gasteiger partial charge in [0, 0.05) is 17.7 Å². The summed E-state index contributed by atoms with van der Waals surface area (Å²) in [6, 6.07) is 0. The van der Waals surface area contributed by atoms with Crippen molar-refractivity contribution in [3.63, 3.8) is 0 Å². The van der Waals surface area contributed by atoms with Gasteiger partial charge in [-0.1, -0.05) is 103 Å². The largest absolute Gasteiger partial charge is 0.356 e. The standard InChI is InChI=1S/C30H61NO3/c1-7-9-10-11-12-13-14-15-16-17-18-19-20-21-22-23-24-34-31-29(3,4)25-28(26-30(31,5)6)33-27-32-8-2/h28H,7-27H2,1-6H3. The summed E-state index contributed by atoms with van der Waals surface area (Å²) in [6.07, 6.45) is 24.6. The van der Waals surface area contributed by atoms with Gasteiger partial charge in [-0.15, -0.1) is 0 Å². The second-order valence-electron chi connectivity index (χ2n) is 11.9. The van der Waals surface area contributed by atoms with E-state index in [9.17, 15) is 0 Å². The fraction of sp³-hybridized carbons (Fsp3) is 1.00. The maximum Gasteiger partial charge on any atom is 0.147 e. The Kier molecular flexibility index (Phi) is 17.8. The van der Waals surface area contributed by atoms with Gasteiger partial charge in [0.05, 0.1) is 12.7 Å². The summed E-state index contributed by atoms with van der Waals surface area (Å²) >= 11 is 0. The highest BCUT2D eigenvalue weighted by Crippen LogP contribution is 2.39. The van der Waals surface area contributed by atoms with E-state index in [1.165, 1.54) is 96.3 Å². The molecular formula is C30H61NO3. The summed E-state index contributed by atoms with van der Waals surface area (Å²) in [5.74, 6) is 0. The first kappa shape index (κ1) is 31.9. The Balaban J connectivity index is 2.00. The van der Waals surface area contributed by atoms with Gasteiger partial charge in [0.1, 0.15) is 6.79 Å². The van der Waals surface area contributed by atoms with Crippen LogP contribution in [-0.2, 0) is 14.3 Å². The van der Waals surface area contributed by atoms with Crippen LogP contribution in [0, 0.1) is 0 Å². The molecule has 0 aliphatic carbocycles. The van der Waals surface area contributed by atoms with Crippen LogP contribution in [0.5, 0.6) is 0 Å². The number of piperidine rings is 1. The van der Waals surface area contributed by atoms with Gasteiger partial charge < -0.3 is 9.47 Å². The van der Waals surface area contributed by atoms with E-state index < -0.39 is 0 Å². The first-order chi connectivity index (χ1) is 16.3. The normalized spacial score (nSPS) is 18.5. The summed E-state index contributed by atoms with van der Waals surface area (Å²) < 4.78 is 11.4. The van der Waals surface area contributed by atoms with Crippen molar-refractivity contribution in [1.29, 1.82) is 0 Å². The van der Waals surface area contributed by atoms with Gasteiger partial charge in [0.15, 0.2) is 0 Å². The van der Waals surface area contributed by atoms with Crippen molar-refractivity contribution in [2.45, 2.75) is 174 Å². The third-order valence-electron chi connectivity index (χ3n) is 7.36. The number of ether oxygens (including phenoxy) is 2. The average Bonchev–Trinajstić information content (AvgIpc) is 2.77. The Hall–Kier alpha value is -0.160. The highest BCUT2D eigenvalue weighted by Gasteiger charge is 2.46. The predicted octanol–water partition coefficient (Wildman–Crippen LogP) is 9.21. The number of hydrogen-bond donors (Lipinski definition) is 0. The van der Waals surface area contributed by atoms with E-state index in [1.807, 2.05) is 6.92 Å². The molecule has 4 heteroatoms. The summed E-state index contributed by atoms with van der Waals surface area (Å²) in [5.41, 5.74) is -0.0681. The lowest BCUT2D eigenvalue weighted by Crippen LogP contribution is -2.62. The molecule has 34 heavy (non-hydrogen) atoms. The van der Waals surface area contributed by atoms with E-state index in [1.54, 1.807) is 0 Å². The van der Waals surface area contributed by atoms with E-state index in [0.29, 0.717) is 13.4 Å². The number of unbranched alkanes of at least 4 members (excludes halogenated alkanes) is 15. The molecule has 0 N–H and O–H groups in total. The Morgan fingerprint density at radius 1 is 0.618 bits per heavy atom. The molecule has 0 amide bonds. The molecular weight excluding hydrogens is 422 g/mol. The van der Waals surface area contributed by atoms with Gasteiger partial charge >= 0.3 is 0 Å². The molecule has 1 heterocycles. The van der Waals surface area contributed by atoms with Crippen molar-refractivity contribution in [1.82, 2.24) is 5.06 Å². The molecule has 1 fully saturated rings. The fourth-order valence-electron chi connectivity index (χ4n) is 5.67. The smallest absolute Gasteiger partial charge is 0.147 e. The Morgan fingerprint density at radius 2 is 1.03 bits per heavy atom. The molecule has 0 aromatic rings. The summed E-state index contributed by atoms with van der Waals surface area (Å²) in [5, 5.41) is 2.26. The first-order valence-corrected chi connectivity index (χ1v) is 15.0. The van der Waals surface area contributed by atoms with Crippen LogP contribution in [0.3, 0.4) is 0 Å². The highest BCUT2D eigenvalue weighted by atomic mass is 16.7. The van der Waals surface area contributed by atoms with Gasteiger partial charge in [-0.25, -0.2) is 0 Å². The highest BCUT2D eigenvalue weighted by molar-refractivity contribution is 4.97. The molecule has 0 radical (unpaired) electrons. The van der Waals surface area contributed by atoms with E-state index in [2.05, 4.69) is 39.7 Å². The molecule has 0 saturated carbocycles. The molecule has 0 bridgehead atoms. The Morgan fingerprint density at radius 3 is 1.44 bits per heavy atom. The zero-order chi connectivity index (χ0) is 25.1. The van der Waals surface area contributed by atoms with E-state index >= 15 is 0 Å². The summed E-state index contributed by atoms with van der Waals surface area (Å²) in [4.78, 5) is 6.35. The Labute approximate surface area is 213 Å². The third kappa shape index (κ3) is 14.4.